The molecule has 0 spiro atoms. The number of non-ortho nitro benzene ring substituents is 1. The maximum Gasteiger partial charge on any atom is 0.270 e. The fraction of sp³-hybridized carbons (Fsp3) is 0.200. The Morgan fingerprint density at radius 2 is 2.29 bits per heavy atom. The van der Waals surface area contributed by atoms with Gasteiger partial charge >= 0.3 is 0 Å². The Hall–Kier alpha value is -2.28. The summed E-state index contributed by atoms with van der Waals surface area (Å²) in [7, 11) is 0. The van der Waals surface area contributed by atoms with Gasteiger partial charge in [0.25, 0.3) is 5.69 Å². The first-order valence-electron chi connectivity index (χ1n) is 4.96. The number of rotatable bonds is 4. The van der Waals surface area contributed by atoms with E-state index in [4.69, 9.17) is 5.11 Å². The van der Waals surface area contributed by atoms with Crippen molar-refractivity contribution in [2.24, 2.45) is 0 Å². The third kappa shape index (κ3) is 2.45. The Kier molecular flexibility index (Phi) is 3.10. The van der Waals surface area contributed by atoms with E-state index in [1.165, 1.54) is 23.1 Å². The van der Waals surface area contributed by atoms with Crippen molar-refractivity contribution in [3.05, 3.63) is 40.7 Å². The van der Waals surface area contributed by atoms with Gasteiger partial charge in [-0.15, -0.1) is 0 Å². The van der Waals surface area contributed by atoms with Gasteiger partial charge in [0, 0.05) is 17.7 Å². The average Bonchev–Trinajstić information content (AvgIpc) is 2.78. The molecule has 1 aromatic heterocycles. The number of aliphatic hydroxyl groups is 1. The van der Waals surface area contributed by atoms with Crippen molar-refractivity contribution >= 4 is 5.69 Å². The molecule has 7 heteroatoms. The lowest BCUT2D eigenvalue weighted by Crippen LogP contribution is -2.02. The zero-order valence-corrected chi connectivity index (χ0v) is 8.85. The minimum absolute atomic E-state index is 0.000934. The molecule has 0 unspecified atom stereocenters. The molecular weight excluding hydrogens is 224 g/mol. The summed E-state index contributed by atoms with van der Waals surface area (Å²) in [4.78, 5) is 14.2. The Bertz CT molecular complexity index is 538. The third-order valence-corrected chi connectivity index (χ3v) is 2.18. The van der Waals surface area contributed by atoms with E-state index in [1.54, 1.807) is 12.1 Å². The second kappa shape index (κ2) is 4.71. The van der Waals surface area contributed by atoms with Crippen LogP contribution in [0.5, 0.6) is 0 Å². The maximum absolute atomic E-state index is 10.6. The van der Waals surface area contributed by atoms with E-state index >= 15 is 0 Å². The smallest absolute Gasteiger partial charge is 0.270 e. The number of nitro groups is 1. The molecule has 2 rings (SSSR count). The molecule has 0 amide bonds. The molecule has 0 aliphatic heterocycles. The summed E-state index contributed by atoms with van der Waals surface area (Å²) in [6.45, 7) is 0.319. The second-order valence-corrected chi connectivity index (χ2v) is 3.36. The predicted molar refractivity (Wildman–Crippen MR) is 59.2 cm³/mol. The van der Waals surface area contributed by atoms with Crippen molar-refractivity contribution in [2.45, 2.75) is 6.54 Å². The first kappa shape index (κ1) is 11.2. The molecule has 0 aliphatic carbocycles. The summed E-state index contributed by atoms with van der Waals surface area (Å²) in [5.41, 5.74) is 0.580. The lowest BCUT2D eigenvalue weighted by atomic mass is 10.2. The van der Waals surface area contributed by atoms with Crippen LogP contribution in [0.1, 0.15) is 0 Å². The Morgan fingerprint density at radius 1 is 1.47 bits per heavy atom. The molecule has 0 saturated carbocycles. The van der Waals surface area contributed by atoms with Gasteiger partial charge < -0.3 is 5.11 Å². The van der Waals surface area contributed by atoms with E-state index in [0.29, 0.717) is 17.9 Å². The largest absolute Gasteiger partial charge is 0.394 e. The van der Waals surface area contributed by atoms with Crippen LogP contribution >= 0.6 is 0 Å². The SMILES string of the molecule is O=[N+]([O-])c1cccc(-c2ncn(CCO)n2)c1. The highest BCUT2D eigenvalue weighted by Gasteiger charge is 2.09. The summed E-state index contributed by atoms with van der Waals surface area (Å²) in [5, 5.41) is 23.5. The molecule has 1 N–H and O–H groups in total. The molecule has 1 heterocycles. The number of aliphatic hydroxyl groups excluding tert-OH is 1. The van der Waals surface area contributed by atoms with Gasteiger partial charge in [0.05, 0.1) is 18.1 Å². The Labute approximate surface area is 96.5 Å². The summed E-state index contributed by atoms with van der Waals surface area (Å²) in [6, 6.07) is 6.11. The number of nitrogens with zero attached hydrogens (tertiary/aromatic N) is 4. The Balaban J connectivity index is 2.32. The average molecular weight is 234 g/mol. The van der Waals surface area contributed by atoms with Gasteiger partial charge in [-0.25, -0.2) is 4.98 Å². The maximum atomic E-state index is 10.6. The molecule has 0 bridgehead atoms. The van der Waals surface area contributed by atoms with Crippen LogP contribution in [-0.4, -0.2) is 31.4 Å². The van der Waals surface area contributed by atoms with Gasteiger partial charge in [0.15, 0.2) is 5.82 Å². The molecule has 0 atom stereocenters. The van der Waals surface area contributed by atoms with Crippen molar-refractivity contribution in [1.82, 2.24) is 14.8 Å². The van der Waals surface area contributed by atoms with E-state index < -0.39 is 4.92 Å². The fourth-order valence-corrected chi connectivity index (χ4v) is 1.40. The van der Waals surface area contributed by atoms with Gasteiger partial charge in [-0.2, -0.15) is 5.10 Å². The highest BCUT2D eigenvalue weighted by molar-refractivity contribution is 5.58. The predicted octanol–water partition coefficient (Wildman–Crippen LogP) is 0.846. The highest BCUT2D eigenvalue weighted by atomic mass is 16.6. The zero-order valence-electron chi connectivity index (χ0n) is 8.85. The number of benzene rings is 1. The molecular formula is C10H10N4O3. The normalized spacial score (nSPS) is 10.4. The molecule has 0 radical (unpaired) electrons. The monoisotopic (exact) mass is 234 g/mol. The van der Waals surface area contributed by atoms with Crippen LogP contribution < -0.4 is 0 Å². The lowest BCUT2D eigenvalue weighted by molar-refractivity contribution is -0.384. The molecule has 0 aliphatic rings. The van der Waals surface area contributed by atoms with E-state index in [2.05, 4.69) is 10.1 Å². The summed E-state index contributed by atoms with van der Waals surface area (Å²) < 4.78 is 1.48. The van der Waals surface area contributed by atoms with Crippen LogP contribution in [0.4, 0.5) is 5.69 Å². The van der Waals surface area contributed by atoms with Gasteiger partial charge in [0.2, 0.25) is 0 Å². The molecule has 1 aromatic carbocycles. The topological polar surface area (TPSA) is 94.1 Å². The minimum atomic E-state index is -0.464. The van der Waals surface area contributed by atoms with Gasteiger partial charge in [-0.1, -0.05) is 12.1 Å². The number of hydrogen-bond donors (Lipinski definition) is 1. The van der Waals surface area contributed by atoms with E-state index in [-0.39, 0.29) is 12.3 Å². The number of nitro benzene ring substituents is 1. The van der Waals surface area contributed by atoms with Crippen LogP contribution in [-0.2, 0) is 6.54 Å². The zero-order chi connectivity index (χ0) is 12.3. The van der Waals surface area contributed by atoms with Crippen molar-refractivity contribution in [1.29, 1.82) is 0 Å². The Morgan fingerprint density at radius 3 is 3.00 bits per heavy atom. The first-order valence-corrected chi connectivity index (χ1v) is 4.96. The molecule has 2 aromatic rings. The summed E-state index contributed by atoms with van der Waals surface area (Å²) in [5.74, 6) is 0.405. The molecule has 7 nitrogen and oxygen atoms in total. The first-order chi connectivity index (χ1) is 8.20. The summed E-state index contributed by atoms with van der Waals surface area (Å²) in [6.07, 6.45) is 1.48. The molecule has 17 heavy (non-hydrogen) atoms. The van der Waals surface area contributed by atoms with Crippen molar-refractivity contribution < 1.29 is 10.0 Å². The van der Waals surface area contributed by atoms with Crippen LogP contribution in [0.25, 0.3) is 11.4 Å². The quantitative estimate of drug-likeness (QED) is 0.625. The highest BCUT2D eigenvalue weighted by Crippen LogP contribution is 2.20. The minimum Gasteiger partial charge on any atom is -0.394 e. The lowest BCUT2D eigenvalue weighted by Gasteiger charge is -1.96. The van der Waals surface area contributed by atoms with Gasteiger partial charge in [0.1, 0.15) is 6.33 Å². The van der Waals surface area contributed by atoms with E-state index in [9.17, 15) is 10.1 Å². The van der Waals surface area contributed by atoms with Crippen LogP contribution in [0.2, 0.25) is 0 Å². The number of hydrogen-bond acceptors (Lipinski definition) is 5. The van der Waals surface area contributed by atoms with E-state index in [0.717, 1.165) is 0 Å². The molecule has 88 valence electrons. The second-order valence-electron chi connectivity index (χ2n) is 3.36. The van der Waals surface area contributed by atoms with Crippen LogP contribution in [0, 0.1) is 10.1 Å². The van der Waals surface area contributed by atoms with Gasteiger partial charge in [-0.3, -0.25) is 14.8 Å². The van der Waals surface area contributed by atoms with Crippen molar-refractivity contribution in [3.63, 3.8) is 0 Å². The molecule has 0 saturated heterocycles. The fourth-order valence-electron chi connectivity index (χ4n) is 1.40. The number of aromatic nitrogens is 3. The van der Waals surface area contributed by atoms with Crippen LogP contribution in [0.3, 0.4) is 0 Å². The third-order valence-electron chi connectivity index (χ3n) is 2.18. The van der Waals surface area contributed by atoms with Gasteiger partial charge in [-0.05, 0) is 0 Å². The van der Waals surface area contributed by atoms with Crippen molar-refractivity contribution in [2.75, 3.05) is 6.61 Å². The standard InChI is InChI=1S/C10H10N4O3/c15-5-4-13-7-11-10(12-13)8-2-1-3-9(6-8)14(16)17/h1-3,6-7,15H,4-5H2. The van der Waals surface area contributed by atoms with Crippen LogP contribution in [0.15, 0.2) is 30.6 Å². The summed E-state index contributed by atoms with van der Waals surface area (Å²) >= 11 is 0. The van der Waals surface area contributed by atoms with E-state index in [1.807, 2.05) is 0 Å². The molecule has 0 fully saturated rings. The van der Waals surface area contributed by atoms with Crippen molar-refractivity contribution in [3.8, 4) is 11.4 Å².